The summed E-state index contributed by atoms with van der Waals surface area (Å²) in [6.45, 7) is 4.89. The molecule has 114 valence electrons. The third-order valence-electron chi connectivity index (χ3n) is 3.45. The predicted octanol–water partition coefficient (Wildman–Crippen LogP) is 3.69. The molecule has 0 unspecified atom stereocenters. The highest BCUT2D eigenvalue weighted by molar-refractivity contribution is 7.99. The highest BCUT2D eigenvalue weighted by Crippen LogP contribution is 2.29. The zero-order chi connectivity index (χ0) is 16.2. The van der Waals surface area contributed by atoms with Gasteiger partial charge in [-0.1, -0.05) is 30.3 Å². The second kappa shape index (κ2) is 6.63. The number of nitriles is 1. The number of pyridine rings is 1. The summed E-state index contributed by atoms with van der Waals surface area (Å²) in [5, 5.41) is 19.1. The molecule has 0 fully saturated rings. The fraction of sp³-hybridized carbons (Fsp3) is 0.176. The van der Waals surface area contributed by atoms with Crippen molar-refractivity contribution in [1.29, 1.82) is 5.26 Å². The number of nitrogens with zero attached hydrogens (tertiary/aromatic N) is 5. The summed E-state index contributed by atoms with van der Waals surface area (Å²) in [6.07, 6.45) is 0. The van der Waals surface area contributed by atoms with Crippen LogP contribution < -0.4 is 0 Å². The Bertz CT molecular complexity index is 879. The molecule has 0 radical (unpaired) electrons. The average molecular weight is 321 g/mol. The van der Waals surface area contributed by atoms with E-state index in [1.165, 1.54) is 11.8 Å². The van der Waals surface area contributed by atoms with Crippen LogP contribution in [0.4, 0.5) is 0 Å². The summed E-state index contributed by atoms with van der Waals surface area (Å²) in [5.41, 5.74) is 2.64. The van der Waals surface area contributed by atoms with E-state index in [1.807, 2.05) is 24.3 Å². The van der Waals surface area contributed by atoms with E-state index in [4.69, 9.17) is 5.26 Å². The zero-order valence-corrected chi connectivity index (χ0v) is 13.7. The van der Waals surface area contributed by atoms with Crippen molar-refractivity contribution in [2.45, 2.75) is 30.6 Å². The molecule has 0 spiro atoms. The molecule has 23 heavy (non-hydrogen) atoms. The second-order valence-electron chi connectivity index (χ2n) is 4.94. The largest absolute Gasteiger partial charge is 0.302 e. The van der Waals surface area contributed by atoms with Gasteiger partial charge < -0.3 is 4.57 Å². The lowest BCUT2D eigenvalue weighted by Gasteiger charge is -2.08. The number of aromatic nitrogens is 4. The van der Waals surface area contributed by atoms with Gasteiger partial charge in [0.05, 0.1) is 0 Å². The summed E-state index contributed by atoms with van der Waals surface area (Å²) in [7, 11) is 0. The van der Waals surface area contributed by atoms with Crippen molar-refractivity contribution >= 4 is 11.8 Å². The molecule has 0 saturated heterocycles. The van der Waals surface area contributed by atoms with Crippen LogP contribution in [0.15, 0.2) is 52.6 Å². The second-order valence-corrected chi connectivity index (χ2v) is 5.93. The minimum absolute atomic E-state index is 0.400. The first-order valence-electron chi connectivity index (χ1n) is 7.27. The van der Waals surface area contributed by atoms with Gasteiger partial charge in [-0.2, -0.15) is 5.26 Å². The molecule has 0 atom stereocenters. The zero-order valence-electron chi connectivity index (χ0n) is 12.9. The van der Waals surface area contributed by atoms with Gasteiger partial charge in [0.2, 0.25) is 0 Å². The summed E-state index contributed by atoms with van der Waals surface area (Å²) in [4.78, 5) is 4.28. The third-order valence-corrected chi connectivity index (χ3v) is 4.37. The van der Waals surface area contributed by atoms with E-state index in [2.05, 4.69) is 51.8 Å². The summed E-state index contributed by atoms with van der Waals surface area (Å²) in [5.74, 6) is 0.851. The van der Waals surface area contributed by atoms with Gasteiger partial charge >= 0.3 is 0 Å². The molecule has 0 aliphatic carbocycles. The van der Waals surface area contributed by atoms with Crippen molar-refractivity contribution in [3.05, 3.63) is 53.7 Å². The Labute approximate surface area is 139 Å². The van der Waals surface area contributed by atoms with E-state index >= 15 is 0 Å². The van der Waals surface area contributed by atoms with Gasteiger partial charge in [-0.05, 0) is 43.3 Å². The molecule has 6 heteroatoms. The fourth-order valence-corrected chi connectivity index (χ4v) is 3.18. The first kappa shape index (κ1) is 15.3. The lowest BCUT2D eigenvalue weighted by Crippen LogP contribution is -2.00. The standard InChI is InChI=1S/C17H15N5S/c1-3-22-16(14-9-5-4-7-12(14)2)20-21-17(22)23-15-10-6-8-13(11-18)19-15/h4-10H,3H2,1-2H3. The summed E-state index contributed by atoms with van der Waals surface area (Å²) >= 11 is 1.42. The smallest absolute Gasteiger partial charge is 0.197 e. The van der Waals surface area contributed by atoms with Crippen molar-refractivity contribution in [1.82, 2.24) is 19.7 Å². The van der Waals surface area contributed by atoms with Gasteiger partial charge in [0, 0.05) is 12.1 Å². The van der Waals surface area contributed by atoms with E-state index in [0.717, 1.165) is 33.7 Å². The molecule has 1 aromatic carbocycles. The normalized spacial score (nSPS) is 10.5. The molecular formula is C17H15N5S. The SMILES string of the molecule is CCn1c(Sc2cccc(C#N)n2)nnc1-c1ccccc1C. The Kier molecular flexibility index (Phi) is 4.40. The first-order valence-corrected chi connectivity index (χ1v) is 8.08. The Morgan fingerprint density at radius 3 is 2.70 bits per heavy atom. The van der Waals surface area contributed by atoms with Gasteiger partial charge in [0.15, 0.2) is 11.0 Å². The summed E-state index contributed by atoms with van der Waals surface area (Å²) < 4.78 is 2.06. The van der Waals surface area contributed by atoms with E-state index in [9.17, 15) is 0 Å². The first-order chi connectivity index (χ1) is 11.2. The van der Waals surface area contributed by atoms with Crippen LogP contribution in [0.25, 0.3) is 11.4 Å². The molecule has 2 heterocycles. The molecule has 0 aliphatic heterocycles. The van der Waals surface area contributed by atoms with Gasteiger partial charge in [0.1, 0.15) is 16.8 Å². The van der Waals surface area contributed by atoms with Crippen LogP contribution in [0.1, 0.15) is 18.2 Å². The molecule has 0 saturated carbocycles. The topological polar surface area (TPSA) is 67.4 Å². The lowest BCUT2D eigenvalue weighted by molar-refractivity contribution is 0.686. The molecule has 3 rings (SSSR count). The Morgan fingerprint density at radius 2 is 1.96 bits per heavy atom. The maximum atomic E-state index is 8.96. The summed E-state index contributed by atoms with van der Waals surface area (Å²) in [6, 6.07) is 15.6. The number of benzene rings is 1. The van der Waals surface area contributed by atoms with Crippen LogP contribution in [-0.4, -0.2) is 19.7 Å². The monoisotopic (exact) mass is 321 g/mol. The van der Waals surface area contributed by atoms with E-state index in [1.54, 1.807) is 6.07 Å². The van der Waals surface area contributed by atoms with Crippen LogP contribution in [-0.2, 0) is 6.54 Å². The molecule has 0 bridgehead atoms. The number of hydrogen-bond donors (Lipinski definition) is 0. The highest BCUT2D eigenvalue weighted by Gasteiger charge is 2.15. The van der Waals surface area contributed by atoms with Gasteiger partial charge in [-0.15, -0.1) is 10.2 Å². The molecular weight excluding hydrogens is 306 g/mol. The fourth-order valence-electron chi connectivity index (χ4n) is 2.30. The molecule has 3 aromatic rings. The molecule has 0 N–H and O–H groups in total. The van der Waals surface area contributed by atoms with Crippen LogP contribution in [0.2, 0.25) is 0 Å². The van der Waals surface area contributed by atoms with Crippen molar-refractivity contribution in [3.8, 4) is 17.5 Å². The molecule has 0 amide bonds. The molecule has 5 nitrogen and oxygen atoms in total. The van der Waals surface area contributed by atoms with Crippen LogP contribution in [0.5, 0.6) is 0 Å². The minimum Gasteiger partial charge on any atom is -0.302 e. The maximum absolute atomic E-state index is 8.96. The average Bonchev–Trinajstić information content (AvgIpc) is 2.98. The number of rotatable bonds is 4. The van der Waals surface area contributed by atoms with Gasteiger partial charge in [-0.25, -0.2) is 4.98 Å². The van der Waals surface area contributed by atoms with Crippen molar-refractivity contribution in [2.75, 3.05) is 0 Å². The minimum atomic E-state index is 0.400. The molecule has 2 aromatic heterocycles. The van der Waals surface area contributed by atoms with Gasteiger partial charge in [0.25, 0.3) is 0 Å². The Morgan fingerprint density at radius 1 is 1.13 bits per heavy atom. The maximum Gasteiger partial charge on any atom is 0.197 e. The Balaban J connectivity index is 1.99. The van der Waals surface area contributed by atoms with Gasteiger partial charge in [-0.3, -0.25) is 0 Å². The highest BCUT2D eigenvalue weighted by atomic mass is 32.2. The van der Waals surface area contributed by atoms with Crippen LogP contribution in [0.3, 0.4) is 0 Å². The van der Waals surface area contributed by atoms with Crippen molar-refractivity contribution < 1.29 is 0 Å². The van der Waals surface area contributed by atoms with E-state index < -0.39 is 0 Å². The van der Waals surface area contributed by atoms with E-state index in [-0.39, 0.29) is 0 Å². The quantitative estimate of drug-likeness (QED) is 0.733. The number of hydrogen-bond acceptors (Lipinski definition) is 5. The lowest BCUT2D eigenvalue weighted by atomic mass is 10.1. The van der Waals surface area contributed by atoms with E-state index in [0.29, 0.717) is 5.69 Å². The predicted molar refractivity (Wildman–Crippen MR) is 88.9 cm³/mol. The van der Waals surface area contributed by atoms with Crippen molar-refractivity contribution in [2.24, 2.45) is 0 Å². The van der Waals surface area contributed by atoms with Crippen LogP contribution >= 0.6 is 11.8 Å². The molecule has 0 aliphatic rings. The van der Waals surface area contributed by atoms with Crippen LogP contribution in [0, 0.1) is 18.3 Å². The third kappa shape index (κ3) is 3.10. The number of aryl methyl sites for hydroxylation is 1. The van der Waals surface area contributed by atoms with Crippen molar-refractivity contribution in [3.63, 3.8) is 0 Å². The Hall–Kier alpha value is -2.65.